The molecule has 1 heterocycles. The first-order valence-electron chi connectivity index (χ1n) is 4.79. The topological polar surface area (TPSA) is 63.4 Å². The largest absolute Gasteiger partial charge is 0.360 e. The predicted octanol–water partition coefficient (Wildman–Crippen LogP) is 1.54. The van der Waals surface area contributed by atoms with Crippen LogP contribution in [-0.4, -0.2) is 36.8 Å². The third kappa shape index (κ3) is 2.23. The summed E-state index contributed by atoms with van der Waals surface area (Å²) in [5, 5.41) is 3.64. The maximum atomic E-state index is 12.2. The van der Waals surface area contributed by atoms with Crippen LogP contribution in [0.15, 0.2) is 9.42 Å². The van der Waals surface area contributed by atoms with Gasteiger partial charge in [0.1, 0.15) is 10.6 Å². The lowest BCUT2D eigenvalue weighted by atomic mass is 10.4. The van der Waals surface area contributed by atoms with Crippen LogP contribution in [0.2, 0.25) is 0 Å². The predicted molar refractivity (Wildman–Crippen MR) is 61.1 cm³/mol. The minimum absolute atomic E-state index is 0.131. The van der Waals surface area contributed by atoms with Crippen molar-refractivity contribution >= 4 is 21.6 Å². The van der Waals surface area contributed by atoms with Gasteiger partial charge in [-0.2, -0.15) is 4.31 Å². The standard InChI is InChI=1S/C9H15ClN2O3S/c1-6(5-10)12(4)16(13,14)9-7(2)11-15-8(9)3/h6H,5H2,1-4H3. The molecule has 0 spiro atoms. The van der Waals surface area contributed by atoms with Gasteiger partial charge in [-0.05, 0) is 20.8 Å². The van der Waals surface area contributed by atoms with Crippen LogP contribution in [0.5, 0.6) is 0 Å². The molecule has 16 heavy (non-hydrogen) atoms. The summed E-state index contributed by atoms with van der Waals surface area (Å²) < 4.78 is 30.5. The van der Waals surface area contributed by atoms with E-state index in [1.54, 1.807) is 20.8 Å². The minimum Gasteiger partial charge on any atom is -0.360 e. The summed E-state index contributed by atoms with van der Waals surface area (Å²) in [5.74, 6) is 0.533. The molecule has 0 amide bonds. The summed E-state index contributed by atoms with van der Waals surface area (Å²) in [6, 6.07) is -0.277. The fraction of sp³-hybridized carbons (Fsp3) is 0.667. The van der Waals surface area contributed by atoms with Gasteiger partial charge in [0.05, 0.1) is 0 Å². The molecule has 0 aliphatic carbocycles. The van der Waals surface area contributed by atoms with E-state index in [1.165, 1.54) is 11.4 Å². The molecular weight excluding hydrogens is 252 g/mol. The zero-order valence-electron chi connectivity index (χ0n) is 9.69. The maximum Gasteiger partial charge on any atom is 0.248 e. The number of halogens is 1. The van der Waals surface area contributed by atoms with Gasteiger partial charge in [0, 0.05) is 19.0 Å². The van der Waals surface area contributed by atoms with Crippen LogP contribution in [0.25, 0.3) is 0 Å². The molecule has 1 atom stereocenters. The first-order valence-corrected chi connectivity index (χ1v) is 6.76. The smallest absolute Gasteiger partial charge is 0.248 e. The van der Waals surface area contributed by atoms with Crippen molar-refractivity contribution in [3.05, 3.63) is 11.5 Å². The summed E-state index contributed by atoms with van der Waals surface area (Å²) in [5.41, 5.74) is 0.367. The average Bonchev–Trinajstić information content (AvgIpc) is 2.56. The second kappa shape index (κ2) is 4.73. The Hall–Kier alpha value is -0.590. The van der Waals surface area contributed by atoms with Gasteiger partial charge in [-0.1, -0.05) is 5.16 Å². The Morgan fingerprint density at radius 2 is 2.06 bits per heavy atom. The Morgan fingerprint density at radius 3 is 2.44 bits per heavy atom. The molecule has 1 aromatic rings. The van der Waals surface area contributed by atoms with E-state index in [9.17, 15) is 8.42 Å². The van der Waals surface area contributed by atoms with Crippen LogP contribution in [0, 0.1) is 13.8 Å². The lowest BCUT2D eigenvalue weighted by Crippen LogP contribution is -2.36. The van der Waals surface area contributed by atoms with Crippen LogP contribution in [-0.2, 0) is 10.0 Å². The molecule has 1 aromatic heterocycles. The highest BCUT2D eigenvalue weighted by atomic mass is 35.5. The summed E-state index contributed by atoms with van der Waals surface area (Å²) in [7, 11) is -2.08. The van der Waals surface area contributed by atoms with E-state index in [4.69, 9.17) is 16.1 Å². The van der Waals surface area contributed by atoms with E-state index in [0.29, 0.717) is 11.5 Å². The number of rotatable bonds is 4. The summed E-state index contributed by atoms with van der Waals surface area (Å²) in [6.07, 6.45) is 0. The van der Waals surface area contributed by atoms with Crippen LogP contribution in [0.4, 0.5) is 0 Å². The van der Waals surface area contributed by atoms with Crippen molar-refractivity contribution in [1.29, 1.82) is 0 Å². The summed E-state index contributed by atoms with van der Waals surface area (Å²) >= 11 is 5.65. The number of sulfonamides is 1. The first kappa shape index (κ1) is 13.5. The molecule has 0 radical (unpaired) electrons. The van der Waals surface area contributed by atoms with Gasteiger partial charge >= 0.3 is 0 Å². The highest BCUT2D eigenvalue weighted by Gasteiger charge is 2.30. The van der Waals surface area contributed by atoms with Crippen LogP contribution in [0.3, 0.4) is 0 Å². The molecule has 0 bridgehead atoms. The molecule has 1 unspecified atom stereocenters. The Kier molecular flexibility index (Phi) is 3.98. The highest BCUT2D eigenvalue weighted by Crippen LogP contribution is 2.23. The van der Waals surface area contributed by atoms with E-state index in [0.717, 1.165) is 0 Å². The van der Waals surface area contributed by atoms with Gasteiger partial charge in [0.15, 0.2) is 5.76 Å². The van der Waals surface area contributed by atoms with Crippen LogP contribution in [0.1, 0.15) is 18.4 Å². The van der Waals surface area contributed by atoms with Gasteiger partial charge in [-0.15, -0.1) is 11.6 Å². The molecule has 5 nitrogen and oxygen atoms in total. The molecule has 0 fully saturated rings. The number of aromatic nitrogens is 1. The van der Waals surface area contributed by atoms with Gasteiger partial charge in [0.2, 0.25) is 10.0 Å². The van der Waals surface area contributed by atoms with Crippen molar-refractivity contribution in [3.63, 3.8) is 0 Å². The Balaban J connectivity index is 3.22. The van der Waals surface area contributed by atoms with Crippen LogP contribution < -0.4 is 0 Å². The third-order valence-electron chi connectivity index (χ3n) is 2.45. The second-order valence-corrected chi connectivity index (χ2v) is 5.92. The number of nitrogens with zero attached hydrogens (tertiary/aromatic N) is 2. The van der Waals surface area contributed by atoms with Crippen molar-refractivity contribution in [3.8, 4) is 0 Å². The Morgan fingerprint density at radius 1 is 1.50 bits per heavy atom. The van der Waals surface area contributed by atoms with E-state index in [2.05, 4.69) is 5.16 Å². The van der Waals surface area contributed by atoms with Crippen molar-refractivity contribution in [2.45, 2.75) is 31.7 Å². The van der Waals surface area contributed by atoms with E-state index < -0.39 is 10.0 Å². The van der Waals surface area contributed by atoms with E-state index in [1.807, 2.05) is 0 Å². The molecule has 0 aromatic carbocycles. The molecule has 0 N–H and O–H groups in total. The Labute approximate surface area is 100 Å². The van der Waals surface area contributed by atoms with Crippen molar-refractivity contribution in [2.24, 2.45) is 0 Å². The van der Waals surface area contributed by atoms with E-state index in [-0.39, 0.29) is 16.8 Å². The van der Waals surface area contributed by atoms with Gasteiger partial charge in [0.25, 0.3) is 0 Å². The monoisotopic (exact) mass is 266 g/mol. The quantitative estimate of drug-likeness (QED) is 0.776. The van der Waals surface area contributed by atoms with Crippen molar-refractivity contribution in [2.75, 3.05) is 12.9 Å². The van der Waals surface area contributed by atoms with Gasteiger partial charge in [-0.3, -0.25) is 0 Å². The van der Waals surface area contributed by atoms with Gasteiger partial charge < -0.3 is 4.52 Å². The molecular formula is C9H15ClN2O3S. The molecule has 0 saturated carbocycles. The third-order valence-corrected chi connectivity index (χ3v) is 5.11. The summed E-state index contributed by atoms with van der Waals surface area (Å²) in [6.45, 7) is 4.91. The number of aryl methyl sites for hydroxylation is 2. The molecule has 7 heteroatoms. The summed E-state index contributed by atoms with van der Waals surface area (Å²) in [4.78, 5) is 0.131. The molecule has 0 aliphatic rings. The number of hydrogen-bond acceptors (Lipinski definition) is 4. The first-order chi connectivity index (χ1) is 7.32. The highest BCUT2D eigenvalue weighted by molar-refractivity contribution is 7.89. The lowest BCUT2D eigenvalue weighted by Gasteiger charge is -2.22. The van der Waals surface area contributed by atoms with Gasteiger partial charge in [-0.25, -0.2) is 8.42 Å². The lowest BCUT2D eigenvalue weighted by molar-refractivity contribution is 0.387. The number of hydrogen-bond donors (Lipinski definition) is 0. The SMILES string of the molecule is Cc1noc(C)c1S(=O)(=O)N(C)C(C)CCl. The normalized spacial score (nSPS) is 14.4. The molecule has 92 valence electrons. The Bertz CT molecular complexity index is 450. The molecule has 0 aliphatic heterocycles. The second-order valence-electron chi connectivity index (χ2n) is 3.68. The fourth-order valence-electron chi connectivity index (χ4n) is 1.32. The number of alkyl halides is 1. The zero-order valence-corrected chi connectivity index (χ0v) is 11.3. The van der Waals surface area contributed by atoms with Crippen molar-refractivity contribution in [1.82, 2.24) is 9.46 Å². The maximum absolute atomic E-state index is 12.2. The molecule has 1 rings (SSSR count). The van der Waals surface area contributed by atoms with Crippen LogP contribution >= 0.6 is 11.6 Å². The van der Waals surface area contributed by atoms with E-state index >= 15 is 0 Å². The minimum atomic E-state index is -3.58. The average molecular weight is 267 g/mol. The van der Waals surface area contributed by atoms with Crippen molar-refractivity contribution < 1.29 is 12.9 Å². The zero-order chi connectivity index (χ0) is 12.5. The molecule has 0 saturated heterocycles. The fourth-order valence-corrected chi connectivity index (χ4v) is 3.26.